The van der Waals surface area contributed by atoms with Gasteiger partial charge in [-0.2, -0.15) is 0 Å². The van der Waals surface area contributed by atoms with Crippen LogP contribution in [-0.2, 0) is 0 Å². The maximum atomic E-state index is 2.62. The van der Waals surface area contributed by atoms with Crippen LogP contribution in [0.3, 0.4) is 0 Å². The van der Waals surface area contributed by atoms with E-state index >= 15 is 0 Å². The second kappa shape index (κ2) is 3.09. The van der Waals surface area contributed by atoms with E-state index in [4.69, 9.17) is 0 Å². The van der Waals surface area contributed by atoms with Crippen molar-refractivity contribution in [3.8, 4) is 0 Å². The molecule has 1 nitrogen and oxygen atoms in total. The van der Waals surface area contributed by atoms with Crippen LogP contribution in [0.4, 0.5) is 0 Å². The quantitative estimate of drug-likeness (QED) is 0.488. The summed E-state index contributed by atoms with van der Waals surface area (Å²) in [7, 11) is 2.26. The Bertz CT molecular complexity index is 186. The van der Waals surface area contributed by atoms with Gasteiger partial charge in [-0.05, 0) is 47.6 Å². The number of rotatable bonds is 0. The molecule has 0 aliphatic carbocycles. The molecule has 2 heteroatoms. The van der Waals surface area contributed by atoms with Gasteiger partial charge in [-0.3, -0.25) is 4.90 Å². The molecule has 0 radical (unpaired) electrons. The Labute approximate surface area is 96.4 Å². The van der Waals surface area contributed by atoms with Crippen LogP contribution >= 0.6 is 22.6 Å². The van der Waals surface area contributed by atoms with Gasteiger partial charge in [-0.1, -0.05) is 29.5 Å². The lowest BCUT2D eigenvalue weighted by Crippen LogP contribution is -2.61. The average Bonchev–Trinajstić information content (AvgIpc) is 1.77. The Morgan fingerprint density at radius 2 is 1.23 bits per heavy atom. The molecule has 1 rings (SSSR count). The minimum atomic E-state index is 0.331. The molecule has 78 valence electrons. The van der Waals surface area contributed by atoms with Crippen LogP contribution in [-0.4, -0.2) is 26.4 Å². The van der Waals surface area contributed by atoms with E-state index in [1.165, 1.54) is 12.8 Å². The zero-order chi connectivity index (χ0) is 10.5. The third-order valence-electron chi connectivity index (χ3n) is 3.42. The van der Waals surface area contributed by atoms with Crippen LogP contribution in [0.5, 0.6) is 0 Å². The van der Waals surface area contributed by atoms with Crippen molar-refractivity contribution in [3.63, 3.8) is 0 Å². The summed E-state index contributed by atoms with van der Waals surface area (Å²) in [6.45, 7) is 11.8. The lowest BCUT2D eigenvalue weighted by atomic mass is 9.75. The molecule has 13 heavy (non-hydrogen) atoms. The minimum Gasteiger partial charge on any atom is -0.296 e. The number of nitrogens with zero attached hydrogens (tertiary/aromatic N) is 1. The van der Waals surface area contributed by atoms with Crippen molar-refractivity contribution in [3.05, 3.63) is 0 Å². The molecule has 1 fully saturated rings. The van der Waals surface area contributed by atoms with E-state index in [1.807, 2.05) is 0 Å². The van der Waals surface area contributed by atoms with E-state index in [0.717, 1.165) is 0 Å². The van der Waals surface area contributed by atoms with E-state index in [0.29, 0.717) is 14.5 Å². The van der Waals surface area contributed by atoms with Crippen molar-refractivity contribution in [2.45, 2.75) is 62.0 Å². The van der Waals surface area contributed by atoms with Crippen molar-refractivity contribution < 1.29 is 0 Å². The first-order valence-corrected chi connectivity index (χ1v) is 6.08. The van der Waals surface area contributed by atoms with Crippen molar-refractivity contribution in [2.24, 2.45) is 0 Å². The zero-order valence-electron chi connectivity index (χ0n) is 9.74. The number of hydrogen-bond acceptors (Lipinski definition) is 1. The molecule has 1 heterocycles. The average molecular weight is 295 g/mol. The summed E-state index contributed by atoms with van der Waals surface area (Å²) in [5.74, 6) is 0. The molecule has 1 aliphatic rings. The second-order valence-electron chi connectivity index (χ2n) is 5.95. The fourth-order valence-corrected chi connectivity index (χ4v) is 4.79. The molecule has 0 unspecified atom stereocenters. The Hall–Kier alpha value is 0.690. The third-order valence-corrected chi connectivity index (χ3v) is 4.18. The molecule has 0 spiro atoms. The van der Waals surface area contributed by atoms with Crippen LogP contribution in [0.15, 0.2) is 0 Å². The Balaban J connectivity index is 2.96. The molecule has 0 atom stereocenters. The molecule has 0 aromatic rings. The van der Waals surface area contributed by atoms with E-state index in [-0.39, 0.29) is 0 Å². The summed E-state index contributed by atoms with van der Waals surface area (Å²) in [6.07, 6.45) is 2.56. The summed E-state index contributed by atoms with van der Waals surface area (Å²) < 4.78 is 0.456. The highest BCUT2D eigenvalue weighted by Crippen LogP contribution is 2.46. The van der Waals surface area contributed by atoms with Crippen LogP contribution in [0, 0.1) is 0 Å². The normalized spacial score (nSPS) is 31.6. The standard InChI is InChI=1S/C11H22IN/c1-9(2)7-11(5,12)8-10(3,4)13(9)6/h7-8H2,1-6H3. The van der Waals surface area contributed by atoms with Gasteiger partial charge in [0.05, 0.1) is 0 Å². The van der Waals surface area contributed by atoms with Gasteiger partial charge in [0.2, 0.25) is 0 Å². The lowest BCUT2D eigenvalue weighted by Gasteiger charge is -2.56. The van der Waals surface area contributed by atoms with Gasteiger partial charge < -0.3 is 0 Å². The maximum Gasteiger partial charge on any atom is 0.0229 e. The third kappa shape index (κ3) is 2.38. The van der Waals surface area contributed by atoms with Crippen LogP contribution < -0.4 is 0 Å². The van der Waals surface area contributed by atoms with Crippen molar-refractivity contribution >= 4 is 22.6 Å². The predicted octanol–water partition coefficient (Wildman–Crippen LogP) is 3.46. The minimum absolute atomic E-state index is 0.331. The molecular formula is C11H22IN. The summed E-state index contributed by atoms with van der Waals surface area (Å²) in [5, 5.41) is 0. The Morgan fingerprint density at radius 3 is 1.54 bits per heavy atom. The second-order valence-corrected chi connectivity index (χ2v) is 8.56. The summed E-state index contributed by atoms with van der Waals surface area (Å²) in [4.78, 5) is 2.53. The van der Waals surface area contributed by atoms with E-state index in [1.54, 1.807) is 0 Å². The molecule has 1 saturated heterocycles. The van der Waals surface area contributed by atoms with Gasteiger partial charge in [-0.25, -0.2) is 0 Å². The molecule has 0 aromatic carbocycles. The highest BCUT2D eigenvalue weighted by molar-refractivity contribution is 14.1. The van der Waals surface area contributed by atoms with Crippen molar-refractivity contribution in [1.29, 1.82) is 0 Å². The molecule has 0 aromatic heterocycles. The van der Waals surface area contributed by atoms with E-state index in [9.17, 15) is 0 Å². The molecular weight excluding hydrogens is 273 g/mol. The Morgan fingerprint density at radius 1 is 0.923 bits per heavy atom. The molecule has 0 bridgehead atoms. The highest BCUT2D eigenvalue weighted by Gasteiger charge is 2.47. The van der Waals surface area contributed by atoms with Crippen LogP contribution in [0.1, 0.15) is 47.5 Å². The zero-order valence-corrected chi connectivity index (χ0v) is 11.9. The summed E-state index contributed by atoms with van der Waals surface area (Å²) >= 11 is 2.62. The van der Waals surface area contributed by atoms with Gasteiger partial charge in [0.25, 0.3) is 0 Å². The number of piperidine rings is 1. The van der Waals surface area contributed by atoms with E-state index < -0.39 is 0 Å². The SMILES string of the molecule is CN1C(C)(C)CC(C)(I)CC1(C)C. The van der Waals surface area contributed by atoms with Crippen molar-refractivity contribution in [1.82, 2.24) is 4.90 Å². The fraction of sp³-hybridized carbons (Fsp3) is 1.00. The summed E-state index contributed by atoms with van der Waals surface area (Å²) in [5.41, 5.74) is 0.662. The van der Waals surface area contributed by atoms with E-state index in [2.05, 4.69) is 69.2 Å². The molecule has 0 saturated carbocycles. The number of alkyl halides is 1. The molecule has 1 aliphatic heterocycles. The topological polar surface area (TPSA) is 3.24 Å². The van der Waals surface area contributed by atoms with Crippen LogP contribution in [0.2, 0.25) is 0 Å². The smallest absolute Gasteiger partial charge is 0.0229 e. The molecule has 0 N–H and O–H groups in total. The molecule has 0 amide bonds. The summed E-state index contributed by atoms with van der Waals surface area (Å²) in [6, 6.07) is 0. The van der Waals surface area contributed by atoms with Crippen LogP contribution in [0.25, 0.3) is 0 Å². The first kappa shape index (κ1) is 11.8. The van der Waals surface area contributed by atoms with Gasteiger partial charge in [0.15, 0.2) is 0 Å². The number of hydrogen-bond donors (Lipinski definition) is 0. The Kier molecular flexibility index (Phi) is 2.80. The predicted molar refractivity (Wildman–Crippen MR) is 67.6 cm³/mol. The highest BCUT2D eigenvalue weighted by atomic mass is 127. The first-order valence-electron chi connectivity index (χ1n) is 5.00. The first-order chi connectivity index (χ1) is 5.57. The fourth-order valence-electron chi connectivity index (χ4n) is 2.92. The van der Waals surface area contributed by atoms with Gasteiger partial charge in [0, 0.05) is 14.5 Å². The van der Waals surface area contributed by atoms with Gasteiger partial charge in [0.1, 0.15) is 0 Å². The number of likely N-dealkylation sites (tertiary alicyclic amines) is 1. The monoisotopic (exact) mass is 295 g/mol. The van der Waals surface area contributed by atoms with Gasteiger partial charge >= 0.3 is 0 Å². The maximum absolute atomic E-state index is 2.62. The number of halogens is 1. The lowest BCUT2D eigenvalue weighted by molar-refractivity contribution is -0.0125. The largest absolute Gasteiger partial charge is 0.296 e. The van der Waals surface area contributed by atoms with Gasteiger partial charge in [-0.15, -0.1) is 0 Å². The van der Waals surface area contributed by atoms with Crippen molar-refractivity contribution in [2.75, 3.05) is 7.05 Å².